The summed E-state index contributed by atoms with van der Waals surface area (Å²) in [6.45, 7) is 1.56. The molecule has 0 atom stereocenters. The van der Waals surface area contributed by atoms with E-state index >= 15 is 0 Å². The highest BCUT2D eigenvalue weighted by molar-refractivity contribution is 5.76. The molecular formula is C22H23N3O2. The second kappa shape index (κ2) is 7.76. The van der Waals surface area contributed by atoms with Crippen LogP contribution < -0.4 is 5.73 Å². The summed E-state index contributed by atoms with van der Waals surface area (Å²) in [5.74, 6) is 0.953. The van der Waals surface area contributed by atoms with E-state index in [-0.39, 0.29) is 11.8 Å². The molecule has 5 heteroatoms. The highest BCUT2D eigenvalue weighted by Gasteiger charge is 2.31. The predicted molar refractivity (Wildman–Crippen MR) is 103 cm³/mol. The Morgan fingerprint density at radius 1 is 1.07 bits per heavy atom. The van der Waals surface area contributed by atoms with Crippen LogP contribution in [0.2, 0.25) is 0 Å². The summed E-state index contributed by atoms with van der Waals surface area (Å²) in [4.78, 5) is 14.2. The Morgan fingerprint density at radius 2 is 1.70 bits per heavy atom. The molecule has 1 aromatic heterocycles. The molecule has 0 spiro atoms. The zero-order chi connectivity index (χ0) is 18.6. The van der Waals surface area contributed by atoms with Crippen molar-refractivity contribution in [2.75, 3.05) is 13.1 Å². The molecule has 0 radical (unpaired) electrons. The molecule has 0 fully saturated rings. The fraction of sp³-hybridized carbons (Fsp3) is 0.273. The lowest BCUT2D eigenvalue weighted by atomic mass is 9.85. The van der Waals surface area contributed by atoms with Crippen LogP contribution in [0.5, 0.6) is 0 Å². The Hall–Kier alpha value is -2.92. The minimum atomic E-state index is -0.0236. The second-order valence-corrected chi connectivity index (χ2v) is 6.83. The van der Waals surface area contributed by atoms with Gasteiger partial charge in [0.2, 0.25) is 5.91 Å². The number of nitrogens with two attached hydrogens (primary N) is 1. The highest BCUT2D eigenvalue weighted by Crippen LogP contribution is 2.36. The normalized spacial score (nSPS) is 13.6. The number of carbonyl (C=O) groups is 1. The van der Waals surface area contributed by atoms with E-state index in [9.17, 15) is 4.79 Å². The quantitative estimate of drug-likeness (QED) is 0.758. The third-order valence-electron chi connectivity index (χ3n) is 5.11. The van der Waals surface area contributed by atoms with E-state index in [1.54, 1.807) is 0 Å². The van der Waals surface area contributed by atoms with E-state index in [2.05, 4.69) is 29.4 Å². The van der Waals surface area contributed by atoms with E-state index in [4.69, 9.17) is 10.3 Å². The molecule has 2 aromatic carbocycles. The van der Waals surface area contributed by atoms with Gasteiger partial charge in [0.1, 0.15) is 11.5 Å². The zero-order valence-electron chi connectivity index (χ0n) is 15.2. The van der Waals surface area contributed by atoms with Crippen molar-refractivity contribution < 1.29 is 9.32 Å². The number of carbonyl (C=O) groups excluding carboxylic acids is 1. The molecule has 5 nitrogen and oxygen atoms in total. The third kappa shape index (κ3) is 3.51. The maximum atomic E-state index is 12.3. The summed E-state index contributed by atoms with van der Waals surface area (Å²) in [6.07, 6.45) is 1.06. The number of benzene rings is 2. The van der Waals surface area contributed by atoms with Crippen molar-refractivity contribution in [1.82, 2.24) is 10.1 Å². The van der Waals surface area contributed by atoms with Crippen molar-refractivity contribution in [3.63, 3.8) is 0 Å². The van der Waals surface area contributed by atoms with Gasteiger partial charge in [0.05, 0.1) is 12.5 Å². The number of nitrogens with zero attached hydrogens (tertiary/aromatic N) is 2. The van der Waals surface area contributed by atoms with Crippen LogP contribution in [0.15, 0.2) is 65.2 Å². The molecule has 4 rings (SSSR count). The molecule has 1 aliphatic rings. The zero-order valence-corrected chi connectivity index (χ0v) is 15.2. The van der Waals surface area contributed by atoms with Gasteiger partial charge in [-0.05, 0) is 11.1 Å². The van der Waals surface area contributed by atoms with Gasteiger partial charge in [0.15, 0.2) is 0 Å². The fourth-order valence-electron chi connectivity index (χ4n) is 3.75. The lowest BCUT2D eigenvalue weighted by molar-refractivity contribution is -0.131. The second-order valence-electron chi connectivity index (χ2n) is 6.83. The topological polar surface area (TPSA) is 72.4 Å². The SMILES string of the molecule is NCCC(=O)N1CCc2onc(C(c3ccccc3)c3ccccc3)c2C1. The Kier molecular flexibility index (Phi) is 5.03. The van der Waals surface area contributed by atoms with Gasteiger partial charge in [0, 0.05) is 31.5 Å². The minimum Gasteiger partial charge on any atom is -0.361 e. The van der Waals surface area contributed by atoms with Crippen molar-refractivity contribution in [2.24, 2.45) is 5.73 Å². The van der Waals surface area contributed by atoms with Crippen LogP contribution in [-0.2, 0) is 17.8 Å². The van der Waals surface area contributed by atoms with Gasteiger partial charge in [-0.25, -0.2) is 0 Å². The molecule has 0 aliphatic carbocycles. The van der Waals surface area contributed by atoms with E-state index in [1.807, 2.05) is 41.3 Å². The molecule has 1 amide bonds. The van der Waals surface area contributed by atoms with E-state index in [1.165, 1.54) is 0 Å². The molecule has 27 heavy (non-hydrogen) atoms. The standard InChI is InChI=1S/C22H23N3O2/c23-13-11-20(26)25-14-12-19-18(15-25)22(24-27-19)21(16-7-3-1-4-8-16)17-9-5-2-6-10-17/h1-10,21H,11-15,23H2. The maximum Gasteiger partial charge on any atom is 0.224 e. The Labute approximate surface area is 158 Å². The van der Waals surface area contributed by atoms with Crippen molar-refractivity contribution in [1.29, 1.82) is 0 Å². The Morgan fingerprint density at radius 3 is 2.30 bits per heavy atom. The largest absolute Gasteiger partial charge is 0.361 e. The first-order valence-electron chi connectivity index (χ1n) is 9.33. The van der Waals surface area contributed by atoms with Crippen LogP contribution in [-0.4, -0.2) is 29.1 Å². The van der Waals surface area contributed by atoms with Crippen LogP contribution in [0, 0.1) is 0 Å². The van der Waals surface area contributed by atoms with Gasteiger partial charge in [-0.1, -0.05) is 65.8 Å². The van der Waals surface area contributed by atoms with Gasteiger partial charge in [-0.15, -0.1) is 0 Å². The van der Waals surface area contributed by atoms with Crippen LogP contribution in [0.1, 0.15) is 40.5 Å². The number of fused-ring (bicyclic) bond motifs is 1. The summed E-state index contributed by atoms with van der Waals surface area (Å²) in [7, 11) is 0. The van der Waals surface area contributed by atoms with Crippen molar-refractivity contribution in [3.05, 3.63) is 88.8 Å². The van der Waals surface area contributed by atoms with Gasteiger partial charge in [-0.3, -0.25) is 4.79 Å². The van der Waals surface area contributed by atoms with Crippen molar-refractivity contribution in [2.45, 2.75) is 25.3 Å². The summed E-state index contributed by atoms with van der Waals surface area (Å²) < 4.78 is 5.69. The first kappa shape index (κ1) is 17.5. The van der Waals surface area contributed by atoms with Crippen molar-refractivity contribution >= 4 is 5.91 Å². The number of amides is 1. The molecule has 2 heterocycles. The van der Waals surface area contributed by atoms with Crippen LogP contribution in [0.3, 0.4) is 0 Å². The summed E-state index contributed by atoms with van der Waals surface area (Å²) in [6, 6.07) is 20.6. The third-order valence-corrected chi connectivity index (χ3v) is 5.11. The molecular weight excluding hydrogens is 338 g/mol. The summed E-state index contributed by atoms with van der Waals surface area (Å²) >= 11 is 0. The predicted octanol–water partition coefficient (Wildman–Crippen LogP) is 3.09. The Balaban J connectivity index is 1.75. The molecule has 0 unspecified atom stereocenters. The molecule has 0 bridgehead atoms. The van der Waals surface area contributed by atoms with Crippen LogP contribution in [0.25, 0.3) is 0 Å². The van der Waals surface area contributed by atoms with E-state index in [0.717, 1.165) is 28.1 Å². The molecule has 138 valence electrons. The van der Waals surface area contributed by atoms with Crippen LogP contribution in [0.4, 0.5) is 0 Å². The molecule has 3 aromatic rings. The van der Waals surface area contributed by atoms with Gasteiger partial charge in [-0.2, -0.15) is 0 Å². The molecule has 2 N–H and O–H groups in total. The monoisotopic (exact) mass is 361 g/mol. The average molecular weight is 361 g/mol. The van der Waals surface area contributed by atoms with E-state index in [0.29, 0.717) is 32.5 Å². The van der Waals surface area contributed by atoms with Gasteiger partial charge >= 0.3 is 0 Å². The number of aromatic nitrogens is 1. The van der Waals surface area contributed by atoms with E-state index < -0.39 is 0 Å². The molecule has 0 saturated heterocycles. The fourth-order valence-corrected chi connectivity index (χ4v) is 3.75. The smallest absolute Gasteiger partial charge is 0.224 e. The molecule has 0 saturated carbocycles. The van der Waals surface area contributed by atoms with Crippen molar-refractivity contribution in [3.8, 4) is 0 Å². The first-order valence-corrected chi connectivity index (χ1v) is 9.33. The molecule has 1 aliphatic heterocycles. The lowest BCUT2D eigenvalue weighted by Gasteiger charge is -2.27. The minimum absolute atomic E-state index is 0.0236. The average Bonchev–Trinajstić information content (AvgIpc) is 3.13. The first-order chi connectivity index (χ1) is 13.3. The summed E-state index contributed by atoms with van der Waals surface area (Å²) in [5, 5.41) is 4.45. The maximum absolute atomic E-state index is 12.3. The van der Waals surface area contributed by atoms with Gasteiger partial charge in [0.25, 0.3) is 0 Å². The summed E-state index contributed by atoms with van der Waals surface area (Å²) in [5.41, 5.74) is 9.81. The highest BCUT2D eigenvalue weighted by atomic mass is 16.5. The Bertz CT molecular complexity index is 866. The van der Waals surface area contributed by atoms with Crippen LogP contribution >= 0.6 is 0 Å². The number of hydrogen-bond donors (Lipinski definition) is 1. The number of rotatable bonds is 5. The number of hydrogen-bond acceptors (Lipinski definition) is 4. The van der Waals surface area contributed by atoms with Gasteiger partial charge < -0.3 is 15.2 Å². The lowest BCUT2D eigenvalue weighted by Crippen LogP contribution is -2.36.